The van der Waals surface area contributed by atoms with Gasteiger partial charge in [-0.05, 0) is 12.8 Å². The van der Waals surface area contributed by atoms with Crippen LogP contribution in [0.15, 0.2) is 0 Å². The second-order valence-corrected chi connectivity index (χ2v) is 8.65. The maximum atomic E-state index is 3.92. The Morgan fingerprint density at radius 1 is 0.654 bits per heavy atom. The van der Waals surface area contributed by atoms with Crippen LogP contribution in [-0.4, -0.2) is 6.15 Å². The van der Waals surface area contributed by atoms with Gasteiger partial charge in [0.1, 0.15) is 6.15 Å². The van der Waals surface area contributed by atoms with Gasteiger partial charge in [0.25, 0.3) is 0 Å². The normalized spacial score (nSPS) is 18.8. The summed E-state index contributed by atoms with van der Waals surface area (Å²) in [5, 5.41) is 0. The summed E-state index contributed by atoms with van der Waals surface area (Å²) in [6.07, 6.45) is 20.4. The van der Waals surface area contributed by atoms with Crippen LogP contribution in [0.1, 0.15) is 117 Å². The topological polar surface area (TPSA) is 0 Å². The molecule has 0 aromatic rings. The fraction of sp³-hybridized carbons (Fsp3) is 0.833. The predicted molar refractivity (Wildman–Crippen MR) is 114 cm³/mol. The zero-order valence-corrected chi connectivity index (χ0v) is 18.0. The Bertz CT molecular complexity index is 432. The molecule has 0 aliphatic heterocycles. The Morgan fingerprint density at radius 2 is 1.04 bits per heavy atom. The summed E-state index contributed by atoms with van der Waals surface area (Å²) >= 11 is 0. The summed E-state index contributed by atoms with van der Waals surface area (Å²) in [6.45, 7) is 4.54. The van der Waals surface area contributed by atoms with Gasteiger partial charge in [0.05, 0.1) is 0 Å². The van der Waals surface area contributed by atoms with Gasteiger partial charge < -0.3 is 0 Å². The second kappa shape index (κ2) is 13.9. The Kier molecular flexibility index (Phi) is 12.7. The summed E-state index contributed by atoms with van der Waals surface area (Å²) in [5.74, 6) is 16.7. The van der Waals surface area contributed by atoms with E-state index in [0.717, 1.165) is 24.5 Å². The minimum absolute atomic E-state index is 0. The standard InChI is InChI=1S/C24H40B.Li/c1-3-5-7-15-21-25(22-16-8-6-4-2,23-17-11-9-12-18-23)24-19-13-10-14-20-24;/h23-24H,3-14,17-20H2,1-2H3;/q-1;+1. The quantitative estimate of drug-likeness (QED) is 0.375. The summed E-state index contributed by atoms with van der Waals surface area (Å²) in [4.78, 5) is 0. The average molecular weight is 346 g/mol. The molecule has 0 saturated heterocycles. The van der Waals surface area contributed by atoms with E-state index in [0.29, 0.717) is 0 Å². The molecule has 0 aromatic heterocycles. The van der Waals surface area contributed by atoms with Crippen LogP contribution in [0, 0.1) is 23.5 Å². The first-order valence-electron chi connectivity index (χ1n) is 11.5. The van der Waals surface area contributed by atoms with E-state index < -0.39 is 6.15 Å². The molecule has 26 heavy (non-hydrogen) atoms. The van der Waals surface area contributed by atoms with Gasteiger partial charge in [0.2, 0.25) is 0 Å². The number of hydrogen-bond donors (Lipinski definition) is 0. The Hall–Kier alpha value is -0.218. The van der Waals surface area contributed by atoms with Gasteiger partial charge in [-0.2, -0.15) is 0 Å². The minimum Gasteiger partial charge on any atom is -0.298 e. The van der Waals surface area contributed by atoms with Crippen molar-refractivity contribution in [1.29, 1.82) is 0 Å². The van der Waals surface area contributed by atoms with Crippen molar-refractivity contribution >= 4 is 6.15 Å². The molecule has 0 heterocycles. The predicted octanol–water partition coefficient (Wildman–Crippen LogP) is 4.57. The van der Waals surface area contributed by atoms with Crippen LogP contribution >= 0.6 is 0 Å². The smallest absolute Gasteiger partial charge is 0.298 e. The third kappa shape index (κ3) is 7.07. The van der Waals surface area contributed by atoms with E-state index in [2.05, 4.69) is 37.3 Å². The molecule has 2 aliphatic carbocycles. The van der Waals surface area contributed by atoms with Crippen LogP contribution in [0.25, 0.3) is 0 Å². The molecule has 2 fully saturated rings. The Balaban J connectivity index is 0.00000338. The molecular weight excluding hydrogens is 306 g/mol. The van der Waals surface area contributed by atoms with Crippen LogP contribution in [0.2, 0.25) is 11.6 Å². The summed E-state index contributed by atoms with van der Waals surface area (Å²) in [5.41, 5.74) is 0. The van der Waals surface area contributed by atoms with Crippen molar-refractivity contribution in [3.63, 3.8) is 0 Å². The van der Waals surface area contributed by atoms with Crippen molar-refractivity contribution in [3.8, 4) is 23.5 Å². The van der Waals surface area contributed by atoms with E-state index in [-0.39, 0.29) is 18.9 Å². The molecule has 0 nitrogen and oxygen atoms in total. The van der Waals surface area contributed by atoms with Crippen LogP contribution in [0.3, 0.4) is 0 Å². The minimum atomic E-state index is -0.808. The van der Waals surface area contributed by atoms with Crippen molar-refractivity contribution in [1.82, 2.24) is 0 Å². The monoisotopic (exact) mass is 346 g/mol. The van der Waals surface area contributed by atoms with Crippen molar-refractivity contribution < 1.29 is 18.9 Å². The SMILES string of the molecule is CCCCC#C[B-](C#CCCCC)(C1CCCCC1)C1CCCCC1.[Li+]. The van der Waals surface area contributed by atoms with Crippen molar-refractivity contribution in [2.75, 3.05) is 0 Å². The van der Waals surface area contributed by atoms with E-state index in [4.69, 9.17) is 0 Å². The van der Waals surface area contributed by atoms with Gasteiger partial charge in [0, 0.05) is 12.8 Å². The molecule has 2 saturated carbocycles. The summed E-state index contributed by atoms with van der Waals surface area (Å²) in [6, 6.07) is 0. The molecule has 0 bridgehead atoms. The van der Waals surface area contributed by atoms with Gasteiger partial charge >= 0.3 is 18.9 Å². The van der Waals surface area contributed by atoms with E-state index in [1.807, 2.05) is 0 Å². The van der Waals surface area contributed by atoms with Gasteiger partial charge in [-0.15, -0.1) is 23.5 Å². The van der Waals surface area contributed by atoms with E-state index >= 15 is 0 Å². The molecule has 0 atom stereocenters. The molecule has 0 radical (unpaired) electrons. The molecule has 0 N–H and O–H groups in total. The van der Waals surface area contributed by atoms with Gasteiger partial charge in [-0.1, -0.05) is 90.9 Å². The average Bonchev–Trinajstić information content (AvgIpc) is 2.68. The van der Waals surface area contributed by atoms with Crippen LogP contribution in [0.5, 0.6) is 0 Å². The second-order valence-electron chi connectivity index (χ2n) is 8.65. The molecule has 2 rings (SSSR count). The summed E-state index contributed by atoms with van der Waals surface area (Å²) < 4.78 is 0. The van der Waals surface area contributed by atoms with Crippen molar-refractivity contribution in [3.05, 3.63) is 0 Å². The Morgan fingerprint density at radius 3 is 1.38 bits per heavy atom. The fourth-order valence-corrected chi connectivity index (χ4v) is 5.22. The maximum absolute atomic E-state index is 3.92. The Labute approximate surface area is 176 Å². The number of hydrogen-bond acceptors (Lipinski definition) is 0. The molecule has 2 aliphatic rings. The molecule has 0 spiro atoms. The van der Waals surface area contributed by atoms with Crippen LogP contribution in [-0.2, 0) is 0 Å². The van der Waals surface area contributed by atoms with Crippen LogP contribution < -0.4 is 18.9 Å². The van der Waals surface area contributed by atoms with Crippen molar-refractivity contribution in [2.45, 2.75) is 128 Å². The van der Waals surface area contributed by atoms with Crippen LogP contribution in [0.4, 0.5) is 0 Å². The van der Waals surface area contributed by atoms with Gasteiger partial charge in [0.15, 0.2) is 0 Å². The zero-order chi connectivity index (χ0) is 17.8. The van der Waals surface area contributed by atoms with E-state index in [1.54, 1.807) is 0 Å². The third-order valence-corrected chi connectivity index (χ3v) is 6.78. The third-order valence-electron chi connectivity index (χ3n) is 6.78. The first-order valence-corrected chi connectivity index (χ1v) is 11.5. The largest absolute Gasteiger partial charge is 1.00 e. The van der Waals surface area contributed by atoms with Gasteiger partial charge in [-0.3, -0.25) is 11.6 Å². The summed E-state index contributed by atoms with van der Waals surface area (Å²) in [7, 11) is 0. The molecule has 0 unspecified atom stereocenters. The number of rotatable bonds is 6. The number of unbranched alkanes of at least 4 members (excludes halogenated alkanes) is 4. The van der Waals surface area contributed by atoms with Crippen molar-refractivity contribution in [2.24, 2.45) is 0 Å². The molecule has 140 valence electrons. The maximum Gasteiger partial charge on any atom is 1.00 e. The molecule has 0 amide bonds. The van der Waals surface area contributed by atoms with E-state index in [1.165, 1.54) is 89.9 Å². The molecular formula is C24H40BLi. The molecule has 0 aromatic carbocycles. The first-order chi connectivity index (χ1) is 12.3. The van der Waals surface area contributed by atoms with E-state index in [9.17, 15) is 0 Å². The van der Waals surface area contributed by atoms with Gasteiger partial charge in [-0.25, -0.2) is 0 Å². The zero-order valence-electron chi connectivity index (χ0n) is 18.0. The fourth-order valence-electron chi connectivity index (χ4n) is 5.22. The molecule has 2 heteroatoms. The first kappa shape index (κ1) is 23.8.